The lowest BCUT2D eigenvalue weighted by atomic mass is 10.1. The molecule has 0 aliphatic heterocycles. The molecule has 2 rings (SSSR count). The zero-order valence-electron chi connectivity index (χ0n) is 14.3. The van der Waals surface area contributed by atoms with Crippen molar-refractivity contribution in [2.45, 2.75) is 33.7 Å². The van der Waals surface area contributed by atoms with Gasteiger partial charge in [0.1, 0.15) is 0 Å². The van der Waals surface area contributed by atoms with Crippen molar-refractivity contribution in [3.8, 4) is 0 Å². The van der Waals surface area contributed by atoms with Crippen LogP contribution in [0.25, 0.3) is 0 Å². The van der Waals surface area contributed by atoms with Gasteiger partial charge in [-0.15, -0.1) is 0 Å². The van der Waals surface area contributed by atoms with E-state index in [1.807, 2.05) is 43.7 Å². The molecule has 0 radical (unpaired) electrons. The van der Waals surface area contributed by atoms with Gasteiger partial charge in [0.05, 0.1) is 18.7 Å². The molecule has 128 valence electrons. The number of carbonyl (C=O) groups excluding carboxylic acids is 1. The molecule has 1 aromatic carbocycles. The van der Waals surface area contributed by atoms with E-state index in [9.17, 15) is 9.59 Å². The second kappa shape index (κ2) is 7.77. The van der Waals surface area contributed by atoms with Crippen molar-refractivity contribution in [3.05, 3.63) is 52.8 Å². The number of aromatic nitrogens is 2. The molecule has 0 atom stereocenters. The van der Waals surface area contributed by atoms with E-state index in [0.717, 1.165) is 17.0 Å². The van der Waals surface area contributed by atoms with Crippen LogP contribution in [0.4, 0.5) is 0 Å². The van der Waals surface area contributed by atoms with Gasteiger partial charge >= 0.3 is 5.97 Å². The maximum atomic E-state index is 12.4. The van der Waals surface area contributed by atoms with Crippen molar-refractivity contribution >= 4 is 11.9 Å². The largest absolute Gasteiger partial charge is 0.481 e. The third kappa shape index (κ3) is 4.44. The number of carboxylic acid groups (broad SMARTS) is 1. The second-order valence-corrected chi connectivity index (χ2v) is 5.81. The van der Waals surface area contributed by atoms with Crippen molar-refractivity contribution in [2.75, 3.05) is 13.1 Å². The van der Waals surface area contributed by atoms with E-state index in [0.29, 0.717) is 18.7 Å². The number of benzene rings is 1. The summed E-state index contributed by atoms with van der Waals surface area (Å²) in [6, 6.07) is 9.42. The first-order chi connectivity index (χ1) is 11.4. The summed E-state index contributed by atoms with van der Waals surface area (Å²) in [5, 5.41) is 13.2. The summed E-state index contributed by atoms with van der Waals surface area (Å²) >= 11 is 0. The van der Waals surface area contributed by atoms with E-state index >= 15 is 0 Å². The van der Waals surface area contributed by atoms with Gasteiger partial charge in [-0.3, -0.25) is 14.3 Å². The average molecular weight is 329 g/mol. The van der Waals surface area contributed by atoms with Crippen LogP contribution in [0.5, 0.6) is 0 Å². The number of hydrogen-bond donors (Lipinski definition) is 1. The molecule has 1 amide bonds. The van der Waals surface area contributed by atoms with E-state index < -0.39 is 5.97 Å². The third-order valence-electron chi connectivity index (χ3n) is 3.90. The molecular weight excluding hydrogens is 306 g/mol. The molecule has 0 aliphatic rings. The second-order valence-electron chi connectivity index (χ2n) is 5.81. The van der Waals surface area contributed by atoms with Gasteiger partial charge < -0.3 is 10.0 Å². The summed E-state index contributed by atoms with van der Waals surface area (Å²) in [4.78, 5) is 24.7. The first-order valence-electron chi connectivity index (χ1n) is 8.01. The minimum absolute atomic E-state index is 0.0460. The van der Waals surface area contributed by atoms with Crippen molar-refractivity contribution < 1.29 is 14.7 Å². The van der Waals surface area contributed by atoms with Crippen LogP contribution in [0.15, 0.2) is 30.3 Å². The standard InChI is InChI=1S/C18H23N3O3/c1-4-20(10-9-17(22)23)18(24)16-7-5-15(6-8-16)12-21-14(3)11-13(2)19-21/h5-8,11H,4,9-10,12H2,1-3H3,(H,22,23). The SMILES string of the molecule is CCN(CCC(=O)O)C(=O)c1ccc(Cn2nc(C)cc2C)cc1. The highest BCUT2D eigenvalue weighted by atomic mass is 16.4. The summed E-state index contributed by atoms with van der Waals surface area (Å²) in [5.41, 5.74) is 3.71. The fourth-order valence-corrected chi connectivity index (χ4v) is 2.58. The quantitative estimate of drug-likeness (QED) is 0.847. The Morgan fingerprint density at radius 3 is 2.38 bits per heavy atom. The van der Waals surface area contributed by atoms with E-state index in [2.05, 4.69) is 5.10 Å². The molecule has 0 spiro atoms. The van der Waals surface area contributed by atoms with Gasteiger partial charge in [-0.2, -0.15) is 5.10 Å². The van der Waals surface area contributed by atoms with Gasteiger partial charge in [0.2, 0.25) is 0 Å². The van der Waals surface area contributed by atoms with Crippen molar-refractivity contribution in [1.82, 2.24) is 14.7 Å². The molecular formula is C18H23N3O3. The van der Waals surface area contributed by atoms with Crippen LogP contribution in [0.1, 0.15) is 40.7 Å². The molecule has 0 fully saturated rings. The smallest absolute Gasteiger partial charge is 0.305 e. The lowest BCUT2D eigenvalue weighted by Gasteiger charge is -2.20. The molecule has 2 aromatic rings. The van der Waals surface area contributed by atoms with Gasteiger partial charge in [0.15, 0.2) is 0 Å². The Balaban J connectivity index is 2.06. The van der Waals surface area contributed by atoms with Gasteiger partial charge in [-0.25, -0.2) is 0 Å². The van der Waals surface area contributed by atoms with Crippen LogP contribution in [0, 0.1) is 13.8 Å². The third-order valence-corrected chi connectivity index (χ3v) is 3.90. The van der Waals surface area contributed by atoms with Crippen LogP contribution in [0.3, 0.4) is 0 Å². The molecule has 0 saturated carbocycles. The number of aliphatic carboxylic acids is 1. The van der Waals surface area contributed by atoms with Crippen LogP contribution in [-0.4, -0.2) is 44.8 Å². The minimum atomic E-state index is -0.901. The molecule has 1 aromatic heterocycles. The molecule has 6 nitrogen and oxygen atoms in total. The first kappa shape index (κ1) is 17.7. The zero-order valence-corrected chi connectivity index (χ0v) is 14.3. The topological polar surface area (TPSA) is 75.4 Å². The molecule has 0 saturated heterocycles. The fourth-order valence-electron chi connectivity index (χ4n) is 2.58. The van der Waals surface area contributed by atoms with Crippen LogP contribution < -0.4 is 0 Å². The molecule has 1 N–H and O–H groups in total. The van der Waals surface area contributed by atoms with Gasteiger partial charge in [0, 0.05) is 24.3 Å². The van der Waals surface area contributed by atoms with Crippen LogP contribution in [-0.2, 0) is 11.3 Å². The highest BCUT2D eigenvalue weighted by molar-refractivity contribution is 5.94. The Morgan fingerprint density at radius 2 is 1.88 bits per heavy atom. The van der Waals surface area contributed by atoms with E-state index in [-0.39, 0.29) is 18.9 Å². The summed E-state index contributed by atoms with van der Waals surface area (Å²) in [5.74, 6) is -1.04. The van der Waals surface area contributed by atoms with Gasteiger partial charge in [0.25, 0.3) is 5.91 Å². The molecule has 0 bridgehead atoms. The van der Waals surface area contributed by atoms with E-state index in [1.54, 1.807) is 17.0 Å². The molecule has 24 heavy (non-hydrogen) atoms. The van der Waals surface area contributed by atoms with E-state index in [1.165, 1.54) is 0 Å². The zero-order chi connectivity index (χ0) is 17.7. The lowest BCUT2D eigenvalue weighted by molar-refractivity contribution is -0.137. The minimum Gasteiger partial charge on any atom is -0.481 e. The maximum Gasteiger partial charge on any atom is 0.305 e. The average Bonchev–Trinajstić information content (AvgIpc) is 2.85. The monoisotopic (exact) mass is 329 g/mol. The van der Waals surface area contributed by atoms with Gasteiger partial charge in [-0.05, 0) is 44.5 Å². The number of amides is 1. The predicted molar refractivity (Wildman–Crippen MR) is 91.1 cm³/mol. The predicted octanol–water partition coefficient (Wildman–Crippen LogP) is 2.49. The molecule has 0 aliphatic carbocycles. The number of hydrogen-bond acceptors (Lipinski definition) is 3. The van der Waals surface area contributed by atoms with Crippen LogP contribution in [0.2, 0.25) is 0 Å². The summed E-state index contributed by atoms with van der Waals surface area (Å²) in [6.07, 6.45) is -0.0460. The first-order valence-corrected chi connectivity index (χ1v) is 8.01. The number of carbonyl (C=O) groups is 2. The number of carboxylic acids is 1. The van der Waals surface area contributed by atoms with Crippen molar-refractivity contribution in [2.24, 2.45) is 0 Å². The Labute approximate surface area is 141 Å². The summed E-state index contributed by atoms with van der Waals surface area (Å²) < 4.78 is 1.93. The normalized spacial score (nSPS) is 10.6. The number of aryl methyl sites for hydroxylation is 2. The maximum absolute atomic E-state index is 12.4. The Hall–Kier alpha value is -2.63. The van der Waals surface area contributed by atoms with Crippen molar-refractivity contribution in [1.29, 1.82) is 0 Å². The Kier molecular flexibility index (Phi) is 5.73. The summed E-state index contributed by atoms with van der Waals surface area (Å²) in [7, 11) is 0. The molecule has 1 heterocycles. The Bertz CT molecular complexity index is 720. The number of nitrogens with zero attached hydrogens (tertiary/aromatic N) is 3. The molecule has 0 unspecified atom stereocenters. The number of rotatable bonds is 7. The molecule has 6 heteroatoms. The summed E-state index contributed by atoms with van der Waals surface area (Å²) in [6.45, 7) is 7.18. The van der Waals surface area contributed by atoms with E-state index in [4.69, 9.17) is 5.11 Å². The lowest BCUT2D eigenvalue weighted by Crippen LogP contribution is -2.32. The van der Waals surface area contributed by atoms with Gasteiger partial charge in [-0.1, -0.05) is 12.1 Å². The fraction of sp³-hybridized carbons (Fsp3) is 0.389. The van der Waals surface area contributed by atoms with Crippen molar-refractivity contribution in [3.63, 3.8) is 0 Å². The highest BCUT2D eigenvalue weighted by Crippen LogP contribution is 2.11. The Morgan fingerprint density at radius 1 is 1.21 bits per heavy atom. The van der Waals surface area contributed by atoms with Crippen LogP contribution >= 0.6 is 0 Å². The highest BCUT2D eigenvalue weighted by Gasteiger charge is 2.15.